The second kappa shape index (κ2) is 16.3. The van der Waals surface area contributed by atoms with Gasteiger partial charge in [0.1, 0.15) is 22.6 Å². The molecule has 0 aromatic heterocycles. The van der Waals surface area contributed by atoms with Gasteiger partial charge in [-0.15, -0.1) is 0 Å². The Kier molecular flexibility index (Phi) is 12.3. The van der Waals surface area contributed by atoms with Crippen molar-refractivity contribution in [3.05, 3.63) is 62.6 Å². The van der Waals surface area contributed by atoms with Crippen molar-refractivity contribution in [2.24, 2.45) is 52.3 Å². The molecule has 6 rings (SSSR count). The molecule has 0 radical (unpaired) electrons. The fourth-order valence-corrected chi connectivity index (χ4v) is 12.6. The summed E-state index contributed by atoms with van der Waals surface area (Å²) in [7, 11) is 0. The number of halogens is 2. The first kappa shape index (κ1) is 41.4. The molecule has 0 aliphatic heterocycles. The standard InChI is InChI=1S/C45H59Cl2NO7/c1-24(2)7-6-8-25(3)34-12-13-35-31-10-9-28-23-29(15-17-44(28,4)36(31)16-18-45(34,35)5)48-39(49)14-11-30(26-19-32(42(52)53)40(50)37(46)21-26)27-20-33(43(54)55)41(51)38(47)22-27/h11,19-22,24-25,28-29,31,34-36,50-51H,6-10,12-18,23H2,1-5H3,(H,48,49)(H,52,53)(H,54,55). The molecule has 0 spiro atoms. The zero-order valence-corrected chi connectivity index (χ0v) is 34.5. The summed E-state index contributed by atoms with van der Waals surface area (Å²) in [4.78, 5) is 37.5. The Morgan fingerprint density at radius 3 is 1.96 bits per heavy atom. The normalized spacial score (nSPS) is 30.5. The van der Waals surface area contributed by atoms with Crippen LogP contribution >= 0.6 is 23.2 Å². The average Bonchev–Trinajstić information content (AvgIpc) is 3.48. The van der Waals surface area contributed by atoms with Crippen LogP contribution in [0.3, 0.4) is 0 Å². The third kappa shape index (κ3) is 8.14. The summed E-state index contributed by atoms with van der Waals surface area (Å²) in [5.41, 5.74) is 0.566. The number of aromatic carboxylic acids is 2. The van der Waals surface area contributed by atoms with Gasteiger partial charge in [0.15, 0.2) is 0 Å². The van der Waals surface area contributed by atoms with Gasteiger partial charge in [0.25, 0.3) is 0 Å². The first-order chi connectivity index (χ1) is 25.9. The van der Waals surface area contributed by atoms with Gasteiger partial charge in [0.2, 0.25) is 5.91 Å². The molecular formula is C45H59Cl2NO7. The minimum absolute atomic E-state index is 0.0406. The number of hydrogen-bond donors (Lipinski definition) is 5. The van der Waals surface area contributed by atoms with Crippen molar-refractivity contribution < 1.29 is 34.8 Å². The number of carbonyl (C=O) groups excluding carboxylic acids is 1. The van der Waals surface area contributed by atoms with Crippen LogP contribution in [0.1, 0.15) is 150 Å². The third-order valence-corrected chi connectivity index (χ3v) is 15.5. The smallest absolute Gasteiger partial charge is 0.339 e. The molecule has 4 aliphatic carbocycles. The molecule has 4 aliphatic rings. The molecular weight excluding hydrogens is 737 g/mol. The highest BCUT2D eigenvalue weighted by Crippen LogP contribution is 2.68. The molecule has 10 heteroatoms. The molecule has 0 heterocycles. The van der Waals surface area contributed by atoms with Crippen LogP contribution in [0, 0.1) is 52.3 Å². The quantitative estimate of drug-likeness (QED) is 0.144. The van der Waals surface area contributed by atoms with Gasteiger partial charge < -0.3 is 25.7 Å². The lowest BCUT2D eigenvalue weighted by atomic mass is 9.44. The molecule has 4 fully saturated rings. The molecule has 0 bridgehead atoms. The van der Waals surface area contributed by atoms with Gasteiger partial charge in [0.05, 0.1) is 10.0 Å². The fourth-order valence-electron chi connectivity index (χ4n) is 12.1. The molecule has 8 nitrogen and oxygen atoms in total. The van der Waals surface area contributed by atoms with Gasteiger partial charge in [-0.1, -0.05) is 83.2 Å². The minimum Gasteiger partial charge on any atom is -0.505 e. The van der Waals surface area contributed by atoms with Crippen LogP contribution in [0.5, 0.6) is 11.5 Å². The molecule has 5 N–H and O–H groups in total. The molecule has 9 unspecified atom stereocenters. The van der Waals surface area contributed by atoms with Crippen molar-refractivity contribution >= 4 is 46.6 Å². The van der Waals surface area contributed by atoms with Crippen LogP contribution in [-0.2, 0) is 4.79 Å². The number of benzene rings is 2. The van der Waals surface area contributed by atoms with E-state index in [0.717, 1.165) is 54.8 Å². The molecule has 2 aromatic carbocycles. The van der Waals surface area contributed by atoms with E-state index in [1.165, 1.54) is 82.1 Å². The monoisotopic (exact) mass is 795 g/mol. The summed E-state index contributed by atoms with van der Waals surface area (Å²) in [6, 6.07) is 5.15. The predicted octanol–water partition coefficient (Wildman–Crippen LogP) is 11.2. The lowest BCUT2D eigenvalue weighted by molar-refractivity contribution is -0.127. The van der Waals surface area contributed by atoms with Crippen LogP contribution < -0.4 is 5.32 Å². The Labute approximate surface area is 336 Å². The van der Waals surface area contributed by atoms with Gasteiger partial charge in [-0.2, -0.15) is 0 Å². The zero-order valence-electron chi connectivity index (χ0n) is 33.0. The Balaban J connectivity index is 1.15. The fraction of sp³-hybridized carbons (Fsp3) is 0.622. The molecule has 55 heavy (non-hydrogen) atoms. The highest BCUT2D eigenvalue weighted by molar-refractivity contribution is 6.33. The maximum Gasteiger partial charge on any atom is 0.339 e. The number of aromatic hydroxyl groups is 2. The highest BCUT2D eigenvalue weighted by atomic mass is 35.5. The van der Waals surface area contributed by atoms with Gasteiger partial charge in [-0.25, -0.2) is 9.59 Å². The SMILES string of the molecule is CC(C)CCCC(C)C1CCC2C3CCC4CC(NC(=O)CC=C(c5cc(Cl)c(O)c(C(=O)O)c5)c5cc(Cl)c(O)c(C(=O)O)c5)CCC4(C)C3CCC12C. The first-order valence-electron chi connectivity index (χ1n) is 20.5. The van der Waals surface area contributed by atoms with Crippen LogP contribution in [-0.4, -0.2) is 44.3 Å². The van der Waals surface area contributed by atoms with Crippen molar-refractivity contribution in [3.63, 3.8) is 0 Å². The molecule has 0 saturated heterocycles. The topological polar surface area (TPSA) is 144 Å². The third-order valence-electron chi connectivity index (χ3n) is 14.9. The molecule has 4 saturated carbocycles. The molecule has 300 valence electrons. The summed E-state index contributed by atoms with van der Waals surface area (Å²) in [5, 5.41) is 42.9. The number of carbonyl (C=O) groups is 3. The van der Waals surface area contributed by atoms with E-state index < -0.39 is 34.6 Å². The van der Waals surface area contributed by atoms with Crippen molar-refractivity contribution in [2.75, 3.05) is 0 Å². The summed E-state index contributed by atoms with van der Waals surface area (Å²) in [6.45, 7) is 12.4. The summed E-state index contributed by atoms with van der Waals surface area (Å²) in [5.74, 6) is 1.07. The van der Waals surface area contributed by atoms with Gasteiger partial charge in [0, 0.05) is 12.5 Å². The van der Waals surface area contributed by atoms with Crippen LogP contribution in [0.15, 0.2) is 30.3 Å². The van der Waals surface area contributed by atoms with Crippen molar-refractivity contribution in [3.8, 4) is 11.5 Å². The molecule has 1 amide bonds. The number of nitrogens with one attached hydrogen (secondary N) is 1. The van der Waals surface area contributed by atoms with E-state index in [-0.39, 0.29) is 50.5 Å². The number of hydrogen-bond acceptors (Lipinski definition) is 5. The number of amides is 1. The van der Waals surface area contributed by atoms with Crippen LogP contribution in [0.2, 0.25) is 10.0 Å². The zero-order chi connectivity index (χ0) is 40.0. The van der Waals surface area contributed by atoms with E-state index in [1.54, 1.807) is 6.08 Å². The van der Waals surface area contributed by atoms with Gasteiger partial charge >= 0.3 is 11.9 Å². The maximum absolute atomic E-state index is 13.6. The summed E-state index contributed by atoms with van der Waals surface area (Å²) >= 11 is 12.5. The lowest BCUT2D eigenvalue weighted by Crippen LogP contribution is -2.55. The predicted molar refractivity (Wildman–Crippen MR) is 217 cm³/mol. The first-order valence-corrected chi connectivity index (χ1v) is 21.2. The van der Waals surface area contributed by atoms with E-state index in [2.05, 4.69) is 39.9 Å². The number of carboxylic acid groups (broad SMARTS) is 2. The van der Waals surface area contributed by atoms with Crippen molar-refractivity contribution in [1.82, 2.24) is 5.32 Å². The number of carboxylic acids is 2. The Hall–Kier alpha value is -3.23. The van der Waals surface area contributed by atoms with Gasteiger partial charge in [-0.3, -0.25) is 4.79 Å². The highest BCUT2D eigenvalue weighted by Gasteiger charge is 2.60. The summed E-state index contributed by atoms with van der Waals surface area (Å²) in [6.07, 6.45) is 16.4. The summed E-state index contributed by atoms with van der Waals surface area (Å²) < 4.78 is 0. The van der Waals surface area contributed by atoms with Gasteiger partial charge in [-0.05, 0) is 151 Å². The van der Waals surface area contributed by atoms with E-state index in [9.17, 15) is 34.8 Å². The molecule has 2 aromatic rings. The Morgan fingerprint density at radius 1 is 0.800 bits per heavy atom. The largest absolute Gasteiger partial charge is 0.505 e. The average molecular weight is 797 g/mol. The second-order valence-electron chi connectivity index (χ2n) is 18.4. The van der Waals surface area contributed by atoms with Crippen LogP contribution in [0.25, 0.3) is 5.57 Å². The van der Waals surface area contributed by atoms with E-state index in [4.69, 9.17) is 23.2 Å². The minimum atomic E-state index is -1.41. The van der Waals surface area contributed by atoms with E-state index in [0.29, 0.717) is 11.3 Å². The number of rotatable bonds is 12. The maximum atomic E-state index is 13.6. The van der Waals surface area contributed by atoms with Crippen molar-refractivity contribution in [2.45, 2.75) is 124 Å². The van der Waals surface area contributed by atoms with E-state index >= 15 is 0 Å². The molecule has 9 atom stereocenters. The van der Waals surface area contributed by atoms with Crippen molar-refractivity contribution in [1.29, 1.82) is 0 Å². The Bertz CT molecular complexity index is 1770. The number of fused-ring (bicyclic) bond motifs is 5. The Morgan fingerprint density at radius 2 is 1.38 bits per heavy atom. The number of phenols is 2. The van der Waals surface area contributed by atoms with Crippen LogP contribution in [0.4, 0.5) is 0 Å². The second-order valence-corrected chi connectivity index (χ2v) is 19.2. The van der Waals surface area contributed by atoms with E-state index in [1.807, 2.05) is 0 Å². The lowest BCUT2D eigenvalue weighted by Gasteiger charge is -2.61.